The van der Waals surface area contributed by atoms with Gasteiger partial charge >= 0.3 is 0 Å². The van der Waals surface area contributed by atoms with Crippen LogP contribution in [0.4, 0.5) is 0 Å². The van der Waals surface area contributed by atoms with Crippen LogP contribution in [0.15, 0.2) is 22.6 Å². The fourth-order valence-electron chi connectivity index (χ4n) is 2.43. The van der Waals surface area contributed by atoms with Crippen molar-refractivity contribution in [1.29, 1.82) is 0 Å². The monoisotopic (exact) mass is 274 g/mol. The van der Waals surface area contributed by atoms with Crippen molar-refractivity contribution in [3.63, 3.8) is 0 Å². The molecule has 0 radical (unpaired) electrons. The highest BCUT2D eigenvalue weighted by atomic mass is 16.5. The van der Waals surface area contributed by atoms with Gasteiger partial charge in [-0.1, -0.05) is 12.1 Å². The highest BCUT2D eigenvalue weighted by molar-refractivity contribution is 5.81. The Bertz CT molecular complexity index is 615. The molecule has 1 aliphatic rings. The molecular formula is C15H18N2O3. The Morgan fingerprint density at radius 3 is 3.10 bits per heavy atom. The number of para-hydroxylation sites is 1. The Labute approximate surface area is 117 Å². The van der Waals surface area contributed by atoms with Crippen LogP contribution in [0.2, 0.25) is 0 Å². The number of aromatic nitrogens is 1. The molecule has 1 aromatic carbocycles. The van der Waals surface area contributed by atoms with Gasteiger partial charge < -0.3 is 14.5 Å². The summed E-state index contributed by atoms with van der Waals surface area (Å²) in [6.45, 7) is 2.95. The largest absolute Gasteiger partial charge is 0.439 e. The van der Waals surface area contributed by atoms with Crippen LogP contribution >= 0.6 is 0 Å². The van der Waals surface area contributed by atoms with E-state index in [1.807, 2.05) is 25.1 Å². The van der Waals surface area contributed by atoms with Gasteiger partial charge in [-0.25, -0.2) is 4.98 Å². The summed E-state index contributed by atoms with van der Waals surface area (Å²) in [5, 5.41) is 2.83. The summed E-state index contributed by atoms with van der Waals surface area (Å²) < 4.78 is 11.1. The van der Waals surface area contributed by atoms with E-state index in [-0.39, 0.29) is 12.0 Å². The van der Waals surface area contributed by atoms with Gasteiger partial charge in [0.25, 0.3) is 0 Å². The number of aryl methyl sites for hydroxylation is 1. The van der Waals surface area contributed by atoms with E-state index in [1.54, 1.807) is 0 Å². The molecule has 1 saturated heterocycles. The standard InChI is InChI=1S/C15H18N2O3/c1-10-5-4-7-11-14(10)17-13(20-11)9-16-15(18)12-6-2-3-8-19-12/h4-5,7,12H,2-3,6,8-9H2,1H3,(H,16,18). The first-order chi connectivity index (χ1) is 9.74. The second-order valence-corrected chi connectivity index (χ2v) is 5.10. The topological polar surface area (TPSA) is 64.4 Å². The van der Waals surface area contributed by atoms with Gasteiger partial charge in [0.2, 0.25) is 11.8 Å². The molecule has 1 aliphatic heterocycles. The number of rotatable bonds is 3. The number of nitrogens with zero attached hydrogens (tertiary/aromatic N) is 1. The summed E-state index contributed by atoms with van der Waals surface area (Å²) in [5.74, 6) is 0.446. The fraction of sp³-hybridized carbons (Fsp3) is 0.467. The van der Waals surface area contributed by atoms with Crippen LogP contribution in [-0.2, 0) is 16.1 Å². The minimum absolute atomic E-state index is 0.0799. The molecule has 2 heterocycles. The molecule has 1 unspecified atom stereocenters. The average molecular weight is 274 g/mol. The minimum Gasteiger partial charge on any atom is -0.439 e. The van der Waals surface area contributed by atoms with Gasteiger partial charge in [-0.05, 0) is 37.8 Å². The Kier molecular flexibility index (Phi) is 3.69. The fourth-order valence-corrected chi connectivity index (χ4v) is 2.43. The van der Waals surface area contributed by atoms with Gasteiger partial charge in [-0.3, -0.25) is 4.79 Å². The number of benzene rings is 1. The van der Waals surface area contributed by atoms with Crippen LogP contribution in [0, 0.1) is 6.92 Å². The molecular weight excluding hydrogens is 256 g/mol. The van der Waals surface area contributed by atoms with Crippen molar-refractivity contribution in [2.45, 2.75) is 38.8 Å². The zero-order valence-corrected chi connectivity index (χ0v) is 11.5. The van der Waals surface area contributed by atoms with Gasteiger partial charge in [0.1, 0.15) is 11.6 Å². The zero-order valence-electron chi connectivity index (χ0n) is 11.5. The zero-order chi connectivity index (χ0) is 13.9. The third-order valence-corrected chi connectivity index (χ3v) is 3.55. The number of fused-ring (bicyclic) bond motifs is 1. The number of carbonyl (C=O) groups excluding carboxylic acids is 1. The number of carbonyl (C=O) groups is 1. The Balaban J connectivity index is 1.64. The van der Waals surface area contributed by atoms with Crippen LogP contribution in [0.3, 0.4) is 0 Å². The minimum atomic E-state index is -0.324. The quantitative estimate of drug-likeness (QED) is 0.933. The SMILES string of the molecule is Cc1cccc2oc(CNC(=O)C3CCCCO3)nc12. The Morgan fingerprint density at radius 2 is 2.35 bits per heavy atom. The summed E-state index contributed by atoms with van der Waals surface area (Å²) in [4.78, 5) is 16.4. The lowest BCUT2D eigenvalue weighted by Crippen LogP contribution is -2.38. The molecule has 20 heavy (non-hydrogen) atoms. The second-order valence-electron chi connectivity index (χ2n) is 5.10. The third-order valence-electron chi connectivity index (χ3n) is 3.55. The maximum atomic E-state index is 11.9. The lowest BCUT2D eigenvalue weighted by Gasteiger charge is -2.21. The van der Waals surface area contributed by atoms with E-state index in [4.69, 9.17) is 9.15 Å². The predicted octanol–water partition coefficient (Wildman–Crippen LogP) is 2.32. The number of ether oxygens (including phenoxy) is 1. The predicted molar refractivity (Wildman–Crippen MR) is 74.2 cm³/mol. The van der Waals surface area contributed by atoms with Crippen molar-refractivity contribution in [3.8, 4) is 0 Å². The molecule has 0 aliphatic carbocycles. The van der Waals surface area contributed by atoms with E-state index in [0.29, 0.717) is 19.0 Å². The Morgan fingerprint density at radius 1 is 1.45 bits per heavy atom. The highest BCUT2D eigenvalue weighted by Crippen LogP contribution is 2.19. The lowest BCUT2D eigenvalue weighted by molar-refractivity contribution is -0.135. The third kappa shape index (κ3) is 2.67. The van der Waals surface area contributed by atoms with Crippen LogP contribution in [0.5, 0.6) is 0 Å². The van der Waals surface area contributed by atoms with Gasteiger partial charge in [0, 0.05) is 6.61 Å². The molecule has 1 amide bonds. The number of oxazole rings is 1. The average Bonchev–Trinajstić information content (AvgIpc) is 2.90. The number of hydrogen-bond acceptors (Lipinski definition) is 4. The van der Waals surface area contributed by atoms with E-state index < -0.39 is 0 Å². The van der Waals surface area contributed by atoms with E-state index in [2.05, 4.69) is 10.3 Å². The van der Waals surface area contributed by atoms with Crippen molar-refractivity contribution >= 4 is 17.0 Å². The van der Waals surface area contributed by atoms with Crippen molar-refractivity contribution in [1.82, 2.24) is 10.3 Å². The van der Waals surface area contributed by atoms with Crippen molar-refractivity contribution in [3.05, 3.63) is 29.7 Å². The number of hydrogen-bond donors (Lipinski definition) is 1. The van der Waals surface area contributed by atoms with Crippen LogP contribution in [0.1, 0.15) is 30.7 Å². The smallest absolute Gasteiger partial charge is 0.249 e. The summed E-state index contributed by atoms with van der Waals surface area (Å²) in [7, 11) is 0. The maximum Gasteiger partial charge on any atom is 0.249 e. The van der Waals surface area contributed by atoms with Gasteiger partial charge in [-0.2, -0.15) is 0 Å². The number of nitrogens with one attached hydrogen (secondary N) is 1. The highest BCUT2D eigenvalue weighted by Gasteiger charge is 2.22. The molecule has 1 fully saturated rings. The van der Waals surface area contributed by atoms with Crippen LogP contribution in [0.25, 0.3) is 11.1 Å². The summed E-state index contributed by atoms with van der Waals surface area (Å²) in [6.07, 6.45) is 2.54. The summed E-state index contributed by atoms with van der Waals surface area (Å²) in [6, 6.07) is 5.80. The van der Waals surface area contributed by atoms with E-state index in [9.17, 15) is 4.79 Å². The molecule has 3 rings (SSSR count). The van der Waals surface area contributed by atoms with E-state index in [1.165, 1.54) is 0 Å². The molecule has 0 bridgehead atoms. The molecule has 2 aromatic rings. The normalized spacial score (nSPS) is 19.1. The van der Waals surface area contributed by atoms with E-state index in [0.717, 1.165) is 35.9 Å². The first-order valence-electron chi connectivity index (χ1n) is 6.98. The molecule has 0 spiro atoms. The molecule has 1 aromatic heterocycles. The van der Waals surface area contributed by atoms with Gasteiger partial charge in [-0.15, -0.1) is 0 Å². The first-order valence-corrected chi connectivity index (χ1v) is 6.98. The van der Waals surface area contributed by atoms with Crippen LogP contribution in [-0.4, -0.2) is 23.6 Å². The lowest BCUT2D eigenvalue weighted by atomic mass is 10.1. The molecule has 5 nitrogen and oxygen atoms in total. The van der Waals surface area contributed by atoms with Crippen LogP contribution < -0.4 is 5.32 Å². The summed E-state index contributed by atoms with van der Waals surface area (Å²) >= 11 is 0. The molecule has 106 valence electrons. The molecule has 0 saturated carbocycles. The van der Waals surface area contributed by atoms with Gasteiger partial charge in [0.05, 0.1) is 6.54 Å². The van der Waals surface area contributed by atoms with Crippen molar-refractivity contribution in [2.24, 2.45) is 0 Å². The molecule has 1 N–H and O–H groups in total. The second kappa shape index (κ2) is 5.63. The molecule has 1 atom stereocenters. The van der Waals surface area contributed by atoms with Crippen molar-refractivity contribution in [2.75, 3.05) is 6.61 Å². The van der Waals surface area contributed by atoms with E-state index >= 15 is 0 Å². The summed E-state index contributed by atoms with van der Waals surface area (Å²) in [5.41, 5.74) is 2.67. The molecule has 5 heteroatoms. The Hall–Kier alpha value is -1.88. The first kappa shape index (κ1) is 13.1. The maximum absolute atomic E-state index is 11.9. The number of amides is 1. The van der Waals surface area contributed by atoms with Crippen molar-refractivity contribution < 1.29 is 13.9 Å². The van der Waals surface area contributed by atoms with Gasteiger partial charge in [0.15, 0.2) is 5.58 Å².